The second kappa shape index (κ2) is 6.83. The number of thioether (sulfide) groups is 1. The van der Waals surface area contributed by atoms with Crippen LogP contribution in [0.2, 0.25) is 5.02 Å². The van der Waals surface area contributed by atoms with Crippen LogP contribution in [-0.2, 0) is 0 Å². The van der Waals surface area contributed by atoms with Crippen LogP contribution in [0.4, 0.5) is 0 Å². The Hall–Kier alpha value is -0.180. The van der Waals surface area contributed by atoms with E-state index in [9.17, 15) is 0 Å². The molecule has 1 saturated carbocycles. The topological polar surface area (TPSA) is 12.0 Å². The maximum Gasteiger partial charge on any atom is 0.0409 e. The lowest BCUT2D eigenvalue weighted by atomic mass is 9.93. The van der Waals surface area contributed by atoms with Gasteiger partial charge in [0.2, 0.25) is 0 Å². The summed E-state index contributed by atoms with van der Waals surface area (Å²) in [6.45, 7) is 2.23. The highest BCUT2D eigenvalue weighted by Gasteiger charge is 2.25. The third kappa shape index (κ3) is 3.66. The van der Waals surface area contributed by atoms with Crippen LogP contribution in [0.25, 0.3) is 0 Å². The van der Waals surface area contributed by atoms with Crippen LogP contribution >= 0.6 is 23.4 Å². The normalized spacial score (nSPS) is 25.9. The molecule has 0 bridgehead atoms. The minimum absolute atomic E-state index is 0.376. The predicted molar refractivity (Wildman–Crippen MR) is 82.6 cm³/mol. The summed E-state index contributed by atoms with van der Waals surface area (Å²) in [5.74, 6) is 0. The summed E-state index contributed by atoms with van der Waals surface area (Å²) >= 11 is 8.06. The Morgan fingerprint density at radius 1 is 1.33 bits per heavy atom. The van der Waals surface area contributed by atoms with Gasteiger partial charge < -0.3 is 5.32 Å². The monoisotopic (exact) mass is 283 g/mol. The molecular weight excluding hydrogens is 262 g/mol. The molecule has 3 heteroatoms. The molecule has 1 N–H and O–H groups in total. The maximum atomic E-state index is 6.06. The van der Waals surface area contributed by atoms with Crippen molar-refractivity contribution < 1.29 is 0 Å². The first-order valence-corrected chi connectivity index (χ1v) is 8.41. The predicted octanol–water partition coefficient (Wildman–Crippen LogP) is 4.66. The Balaban J connectivity index is 1.99. The number of hydrogen-bond donors (Lipinski definition) is 1. The molecule has 0 aliphatic heterocycles. The summed E-state index contributed by atoms with van der Waals surface area (Å²) in [6, 6.07) is 9.20. The lowest BCUT2D eigenvalue weighted by Crippen LogP contribution is -2.41. The largest absolute Gasteiger partial charge is 0.306 e. The van der Waals surface area contributed by atoms with Crippen molar-refractivity contribution in [2.24, 2.45) is 0 Å². The molecule has 3 unspecified atom stereocenters. The lowest BCUT2D eigenvalue weighted by Gasteiger charge is -2.33. The highest BCUT2D eigenvalue weighted by atomic mass is 35.5. The number of rotatable bonds is 4. The van der Waals surface area contributed by atoms with E-state index < -0.39 is 0 Å². The second-order valence-electron chi connectivity index (χ2n) is 5.11. The Labute approximate surface area is 120 Å². The highest BCUT2D eigenvalue weighted by molar-refractivity contribution is 7.99. The number of hydrogen-bond acceptors (Lipinski definition) is 2. The van der Waals surface area contributed by atoms with Crippen molar-refractivity contribution in [1.29, 1.82) is 0 Å². The van der Waals surface area contributed by atoms with Crippen molar-refractivity contribution >= 4 is 23.4 Å². The van der Waals surface area contributed by atoms with E-state index in [0.29, 0.717) is 12.1 Å². The first kappa shape index (κ1) is 14.2. The van der Waals surface area contributed by atoms with Crippen LogP contribution in [0.3, 0.4) is 0 Å². The van der Waals surface area contributed by atoms with E-state index in [1.807, 2.05) is 23.9 Å². The van der Waals surface area contributed by atoms with Gasteiger partial charge in [0.25, 0.3) is 0 Å². The van der Waals surface area contributed by atoms with Crippen LogP contribution in [0.1, 0.15) is 44.2 Å². The van der Waals surface area contributed by atoms with Crippen LogP contribution < -0.4 is 5.32 Å². The number of benzene rings is 1. The zero-order chi connectivity index (χ0) is 13.0. The van der Waals surface area contributed by atoms with Gasteiger partial charge in [-0.3, -0.25) is 0 Å². The molecule has 100 valence electrons. The smallest absolute Gasteiger partial charge is 0.0409 e. The third-order valence-corrected chi connectivity index (χ3v) is 5.22. The zero-order valence-corrected chi connectivity index (χ0v) is 12.7. The SMILES string of the molecule is CSC1CCCCC1NC(C)c1cccc(Cl)c1. The average Bonchev–Trinajstić information content (AvgIpc) is 2.39. The van der Waals surface area contributed by atoms with Crippen LogP contribution in [-0.4, -0.2) is 17.5 Å². The summed E-state index contributed by atoms with van der Waals surface area (Å²) in [7, 11) is 0. The summed E-state index contributed by atoms with van der Waals surface area (Å²) in [4.78, 5) is 0. The second-order valence-corrected chi connectivity index (χ2v) is 6.62. The molecule has 0 amide bonds. The molecule has 1 aliphatic carbocycles. The van der Waals surface area contributed by atoms with E-state index in [0.717, 1.165) is 10.3 Å². The molecule has 1 fully saturated rings. The van der Waals surface area contributed by atoms with E-state index in [1.54, 1.807) is 0 Å². The molecule has 1 aromatic carbocycles. The van der Waals surface area contributed by atoms with E-state index in [2.05, 4.69) is 30.6 Å². The van der Waals surface area contributed by atoms with Gasteiger partial charge in [-0.25, -0.2) is 0 Å². The standard InChI is InChI=1S/C15H22ClNS/c1-11(12-6-5-7-13(16)10-12)17-14-8-3-4-9-15(14)18-2/h5-7,10-11,14-15,17H,3-4,8-9H2,1-2H3. The number of nitrogens with one attached hydrogen (secondary N) is 1. The van der Waals surface area contributed by atoms with Gasteiger partial charge in [-0.15, -0.1) is 0 Å². The van der Waals surface area contributed by atoms with E-state index in [-0.39, 0.29) is 0 Å². The number of halogens is 1. The lowest BCUT2D eigenvalue weighted by molar-refractivity contribution is 0.356. The maximum absolute atomic E-state index is 6.06. The van der Waals surface area contributed by atoms with Crippen molar-refractivity contribution in [2.45, 2.75) is 49.9 Å². The summed E-state index contributed by atoms with van der Waals surface area (Å²) < 4.78 is 0. The van der Waals surface area contributed by atoms with Crippen LogP contribution in [0.5, 0.6) is 0 Å². The van der Waals surface area contributed by atoms with Crippen LogP contribution in [0.15, 0.2) is 24.3 Å². The first-order valence-electron chi connectivity index (χ1n) is 6.75. The van der Waals surface area contributed by atoms with E-state index in [4.69, 9.17) is 11.6 Å². The van der Waals surface area contributed by atoms with Gasteiger partial charge in [-0.2, -0.15) is 11.8 Å². The van der Waals surface area contributed by atoms with Crippen molar-refractivity contribution in [3.63, 3.8) is 0 Å². The summed E-state index contributed by atoms with van der Waals surface area (Å²) in [5.41, 5.74) is 1.29. The van der Waals surface area contributed by atoms with Gasteiger partial charge >= 0.3 is 0 Å². The summed E-state index contributed by atoms with van der Waals surface area (Å²) in [6.07, 6.45) is 7.62. The van der Waals surface area contributed by atoms with Crippen molar-refractivity contribution in [1.82, 2.24) is 5.32 Å². The van der Waals surface area contributed by atoms with Crippen LogP contribution in [0, 0.1) is 0 Å². The third-order valence-electron chi connectivity index (χ3n) is 3.82. The molecular formula is C15H22ClNS. The van der Waals surface area contributed by atoms with Gasteiger partial charge in [0.05, 0.1) is 0 Å². The average molecular weight is 284 g/mol. The molecule has 2 rings (SSSR count). The van der Waals surface area contributed by atoms with Gasteiger partial charge in [-0.05, 0) is 43.7 Å². The fourth-order valence-corrected chi connectivity index (χ4v) is 3.91. The molecule has 0 radical (unpaired) electrons. The molecule has 0 aromatic heterocycles. The molecule has 1 aromatic rings. The highest BCUT2D eigenvalue weighted by Crippen LogP contribution is 2.29. The molecule has 0 heterocycles. The molecule has 0 spiro atoms. The Morgan fingerprint density at radius 2 is 2.11 bits per heavy atom. The van der Waals surface area contributed by atoms with Gasteiger partial charge in [0.15, 0.2) is 0 Å². The minimum Gasteiger partial charge on any atom is -0.306 e. The molecule has 1 nitrogen and oxygen atoms in total. The van der Waals surface area contributed by atoms with Crippen molar-refractivity contribution in [2.75, 3.05) is 6.26 Å². The minimum atomic E-state index is 0.376. The molecule has 0 saturated heterocycles. The summed E-state index contributed by atoms with van der Waals surface area (Å²) in [5, 5.41) is 5.37. The Morgan fingerprint density at radius 3 is 2.83 bits per heavy atom. The molecule has 3 atom stereocenters. The van der Waals surface area contributed by atoms with Gasteiger partial charge in [-0.1, -0.05) is 36.6 Å². The first-order chi connectivity index (χ1) is 8.70. The van der Waals surface area contributed by atoms with Gasteiger partial charge in [0, 0.05) is 22.4 Å². The van der Waals surface area contributed by atoms with Gasteiger partial charge in [0.1, 0.15) is 0 Å². The quantitative estimate of drug-likeness (QED) is 0.862. The van der Waals surface area contributed by atoms with E-state index in [1.165, 1.54) is 31.2 Å². The van der Waals surface area contributed by atoms with E-state index >= 15 is 0 Å². The zero-order valence-electron chi connectivity index (χ0n) is 11.2. The van der Waals surface area contributed by atoms with Crippen molar-refractivity contribution in [3.8, 4) is 0 Å². The Kier molecular flexibility index (Phi) is 5.40. The fourth-order valence-electron chi connectivity index (χ4n) is 2.76. The molecule has 1 aliphatic rings. The molecule has 18 heavy (non-hydrogen) atoms. The fraction of sp³-hybridized carbons (Fsp3) is 0.600. The Bertz CT molecular complexity index is 383. The van der Waals surface area contributed by atoms with Crippen molar-refractivity contribution in [3.05, 3.63) is 34.9 Å².